The monoisotopic (exact) mass is 384 g/mol. The largest absolute Gasteiger partial charge is 0.371 e. The number of hydrogen-bond acceptors (Lipinski definition) is 8. The Hall–Kier alpha value is 0.0700. The predicted octanol–water partition coefficient (Wildman–Crippen LogP) is 3.26. The molecule has 0 aromatic carbocycles. The fourth-order valence-corrected chi connectivity index (χ4v) is 2.30. The molecule has 0 aromatic heterocycles. The molecule has 0 heterocycles. The highest BCUT2D eigenvalue weighted by atomic mass is 32.1. The summed E-state index contributed by atoms with van der Waals surface area (Å²) in [5.41, 5.74) is 0. The summed E-state index contributed by atoms with van der Waals surface area (Å²) in [5.74, 6) is 1.01. The number of ether oxygens (including phenoxy) is 6. The van der Waals surface area contributed by atoms with Crippen LogP contribution in [0.15, 0.2) is 0 Å². The van der Waals surface area contributed by atoms with Gasteiger partial charge in [0.25, 0.3) is 0 Å². The lowest BCUT2D eigenvalue weighted by Crippen LogP contribution is -2.10. The van der Waals surface area contributed by atoms with Crippen LogP contribution in [0.5, 0.6) is 0 Å². The van der Waals surface area contributed by atoms with Gasteiger partial charge in [-0.1, -0.05) is 44.9 Å². The van der Waals surface area contributed by atoms with Crippen molar-refractivity contribution in [1.82, 2.24) is 0 Å². The van der Waals surface area contributed by atoms with Crippen LogP contribution in [0.25, 0.3) is 0 Å². The highest BCUT2D eigenvalue weighted by molar-refractivity contribution is 7.80. The molecule has 0 aliphatic rings. The van der Waals surface area contributed by atoms with Crippen LogP contribution in [0, 0.1) is 0 Å². The molecule has 152 valence electrons. The number of hydrogen-bond donors (Lipinski definition) is 2. The van der Waals surface area contributed by atoms with Gasteiger partial charge in [0.2, 0.25) is 0 Å². The van der Waals surface area contributed by atoms with E-state index < -0.39 is 0 Å². The van der Waals surface area contributed by atoms with Crippen LogP contribution in [-0.4, -0.2) is 58.2 Å². The molecule has 0 rings (SSSR count). The van der Waals surface area contributed by atoms with Gasteiger partial charge in [-0.2, -0.15) is 12.6 Å². The normalized spacial score (nSPS) is 11.3. The quantitative estimate of drug-likeness (QED) is 0.169. The molecule has 0 unspecified atom stereocenters. The van der Waals surface area contributed by atoms with Crippen LogP contribution in [0.3, 0.4) is 0 Å². The topological polar surface area (TPSA) is 75.6 Å². The molecular formula is C17H36O7S. The molecular weight excluding hydrogens is 348 g/mol. The van der Waals surface area contributed by atoms with Gasteiger partial charge < -0.3 is 33.5 Å². The molecule has 1 N–H and O–H groups in total. The molecule has 8 heteroatoms. The molecule has 0 aliphatic heterocycles. The van der Waals surface area contributed by atoms with Crippen LogP contribution >= 0.6 is 12.6 Å². The van der Waals surface area contributed by atoms with E-state index in [2.05, 4.69) is 17.4 Å². The Morgan fingerprint density at radius 1 is 0.480 bits per heavy atom. The van der Waals surface area contributed by atoms with E-state index in [1.165, 1.54) is 51.4 Å². The molecule has 0 saturated carbocycles. The molecule has 0 aliphatic carbocycles. The van der Waals surface area contributed by atoms with E-state index in [1.54, 1.807) is 0 Å². The summed E-state index contributed by atoms with van der Waals surface area (Å²) in [5, 5.41) is 8.33. The molecule has 0 amide bonds. The van der Waals surface area contributed by atoms with Gasteiger partial charge >= 0.3 is 0 Å². The second-order valence-corrected chi connectivity index (χ2v) is 6.00. The molecule has 25 heavy (non-hydrogen) atoms. The van der Waals surface area contributed by atoms with Crippen molar-refractivity contribution in [3.8, 4) is 0 Å². The molecule has 0 atom stereocenters. The van der Waals surface area contributed by atoms with Crippen LogP contribution in [0.1, 0.15) is 57.8 Å². The lowest BCUT2D eigenvalue weighted by atomic mass is 10.1. The maximum absolute atomic E-state index is 8.33. The van der Waals surface area contributed by atoms with E-state index >= 15 is 0 Å². The average molecular weight is 385 g/mol. The molecule has 0 radical (unpaired) electrons. The lowest BCUT2D eigenvalue weighted by Gasteiger charge is -2.08. The number of thiol groups is 1. The van der Waals surface area contributed by atoms with Gasteiger partial charge in [-0.15, -0.1) is 0 Å². The summed E-state index contributed by atoms with van der Waals surface area (Å²) in [7, 11) is 0. The van der Waals surface area contributed by atoms with Crippen molar-refractivity contribution in [2.45, 2.75) is 57.8 Å². The van der Waals surface area contributed by atoms with Crippen molar-refractivity contribution in [2.24, 2.45) is 0 Å². The summed E-state index contributed by atoms with van der Waals surface area (Å²) < 4.78 is 29.9. The third-order valence-electron chi connectivity index (χ3n) is 3.37. The van der Waals surface area contributed by atoms with Gasteiger partial charge in [-0.05, 0) is 18.6 Å². The fourth-order valence-electron chi connectivity index (χ4n) is 2.08. The van der Waals surface area contributed by atoms with Crippen molar-refractivity contribution in [2.75, 3.05) is 53.1 Å². The third-order valence-corrected chi connectivity index (χ3v) is 3.69. The summed E-state index contributed by atoms with van der Waals surface area (Å²) in [4.78, 5) is 0. The van der Waals surface area contributed by atoms with Gasteiger partial charge in [0, 0.05) is 6.61 Å². The zero-order valence-electron chi connectivity index (χ0n) is 15.4. The Morgan fingerprint density at radius 3 is 1.36 bits per heavy atom. The Morgan fingerprint density at radius 2 is 0.880 bits per heavy atom. The second-order valence-electron chi connectivity index (χ2n) is 5.55. The maximum atomic E-state index is 8.33. The van der Waals surface area contributed by atoms with Crippen molar-refractivity contribution in [1.29, 1.82) is 0 Å². The Balaban J connectivity index is 2.94. The minimum absolute atomic E-state index is 0.0166. The highest BCUT2D eigenvalue weighted by Crippen LogP contribution is 2.09. The minimum Gasteiger partial charge on any atom is -0.371 e. The summed E-state index contributed by atoms with van der Waals surface area (Å²) in [6, 6.07) is 0. The molecule has 7 nitrogen and oxygen atoms in total. The standard InChI is InChI=1S/C17H36O7S/c18-12-20-14-22-16-24-17-23-15-21-13-19-10-8-6-4-2-1-3-5-7-9-11-25/h18,25H,1-17H2. The number of rotatable bonds is 22. The first-order valence-corrected chi connectivity index (χ1v) is 9.73. The van der Waals surface area contributed by atoms with Crippen molar-refractivity contribution >= 4 is 12.6 Å². The van der Waals surface area contributed by atoms with Crippen LogP contribution < -0.4 is 0 Å². The average Bonchev–Trinajstić information content (AvgIpc) is 2.63. The fraction of sp³-hybridized carbons (Fsp3) is 1.00. The molecule has 0 bridgehead atoms. The molecule has 0 spiro atoms. The number of aliphatic hydroxyl groups is 1. The first-order chi connectivity index (χ1) is 12.4. The Bertz CT molecular complexity index is 213. The van der Waals surface area contributed by atoms with Crippen molar-refractivity contribution < 1.29 is 33.5 Å². The number of unbranched alkanes of at least 4 members (excludes halogenated alkanes) is 8. The molecule has 0 fully saturated rings. The van der Waals surface area contributed by atoms with Crippen molar-refractivity contribution in [3.05, 3.63) is 0 Å². The smallest absolute Gasteiger partial charge is 0.152 e. The molecule has 0 saturated heterocycles. The van der Waals surface area contributed by atoms with E-state index in [1.807, 2.05) is 0 Å². The van der Waals surface area contributed by atoms with E-state index in [4.69, 9.17) is 28.8 Å². The predicted molar refractivity (Wildman–Crippen MR) is 98.2 cm³/mol. The maximum Gasteiger partial charge on any atom is 0.152 e. The van der Waals surface area contributed by atoms with Crippen LogP contribution in [-0.2, 0) is 28.4 Å². The zero-order valence-corrected chi connectivity index (χ0v) is 16.3. The first-order valence-electron chi connectivity index (χ1n) is 9.10. The number of aliphatic hydroxyl groups excluding tert-OH is 1. The zero-order chi connectivity index (χ0) is 18.3. The minimum atomic E-state index is -0.374. The highest BCUT2D eigenvalue weighted by Gasteiger charge is 1.94. The van der Waals surface area contributed by atoms with E-state index in [0.29, 0.717) is 0 Å². The van der Waals surface area contributed by atoms with Crippen molar-refractivity contribution in [3.63, 3.8) is 0 Å². The lowest BCUT2D eigenvalue weighted by molar-refractivity contribution is -0.211. The van der Waals surface area contributed by atoms with Gasteiger partial charge in [0.1, 0.15) is 13.6 Å². The van der Waals surface area contributed by atoms with E-state index in [-0.39, 0.29) is 40.8 Å². The molecule has 0 aromatic rings. The van der Waals surface area contributed by atoms with Gasteiger partial charge in [0.05, 0.1) is 0 Å². The van der Waals surface area contributed by atoms with Gasteiger partial charge in [-0.25, -0.2) is 0 Å². The summed E-state index contributed by atoms with van der Waals surface area (Å²) >= 11 is 4.22. The Kier molecular flexibility index (Phi) is 24.1. The van der Waals surface area contributed by atoms with E-state index in [9.17, 15) is 0 Å². The third kappa shape index (κ3) is 24.1. The van der Waals surface area contributed by atoms with E-state index in [0.717, 1.165) is 18.8 Å². The summed E-state index contributed by atoms with van der Waals surface area (Å²) in [6.07, 6.45) is 11.5. The first kappa shape index (κ1) is 25.1. The SMILES string of the molecule is OCOCOCOCOCOCOCCCCCCCCCCCS. The summed E-state index contributed by atoms with van der Waals surface area (Å²) in [6.45, 7) is 0.766. The van der Waals surface area contributed by atoms with Gasteiger partial charge in [0.15, 0.2) is 27.2 Å². The second kappa shape index (κ2) is 24.1. The van der Waals surface area contributed by atoms with Crippen LogP contribution in [0.4, 0.5) is 0 Å². The Labute approximate surface area is 157 Å². The van der Waals surface area contributed by atoms with Gasteiger partial charge in [-0.3, -0.25) is 0 Å². The van der Waals surface area contributed by atoms with Crippen LogP contribution in [0.2, 0.25) is 0 Å².